The molecule has 0 bridgehead atoms. The van der Waals surface area contributed by atoms with Crippen LogP contribution in [0.4, 0.5) is 16.2 Å². The molecule has 0 aliphatic carbocycles. The molecule has 0 N–H and O–H groups in total. The van der Waals surface area contributed by atoms with Gasteiger partial charge in [-0.25, -0.2) is 4.79 Å². The van der Waals surface area contributed by atoms with Crippen molar-refractivity contribution in [2.75, 3.05) is 29.5 Å². The summed E-state index contributed by atoms with van der Waals surface area (Å²) in [6, 6.07) is 7.52. The van der Waals surface area contributed by atoms with E-state index in [2.05, 4.69) is 0 Å². The Morgan fingerprint density at radius 2 is 1.58 bits per heavy atom. The molecule has 2 aliphatic heterocycles. The van der Waals surface area contributed by atoms with E-state index >= 15 is 0 Å². The lowest BCUT2D eigenvalue weighted by molar-refractivity contribution is -0.119. The van der Waals surface area contributed by atoms with E-state index in [1.165, 1.54) is 0 Å². The summed E-state index contributed by atoms with van der Waals surface area (Å²) >= 11 is 0. The van der Waals surface area contributed by atoms with Gasteiger partial charge >= 0.3 is 6.09 Å². The number of benzene rings is 1. The van der Waals surface area contributed by atoms with Crippen molar-refractivity contribution in [3.8, 4) is 0 Å². The summed E-state index contributed by atoms with van der Waals surface area (Å²) in [6.45, 7) is 1.80. The normalized spacial score (nSPS) is 19.8. The van der Waals surface area contributed by atoms with Gasteiger partial charge in [0.1, 0.15) is 6.61 Å². The molecule has 3 rings (SSSR count). The highest BCUT2D eigenvalue weighted by Gasteiger charge is 2.24. The zero-order valence-corrected chi connectivity index (χ0v) is 10.7. The van der Waals surface area contributed by atoms with Gasteiger partial charge in [-0.2, -0.15) is 0 Å². The van der Waals surface area contributed by atoms with E-state index in [-0.39, 0.29) is 12.0 Å². The Morgan fingerprint density at radius 3 is 2.16 bits per heavy atom. The van der Waals surface area contributed by atoms with Gasteiger partial charge in [0.2, 0.25) is 5.91 Å². The fraction of sp³-hybridized carbons (Fsp3) is 0.429. The van der Waals surface area contributed by atoms with Crippen LogP contribution in [0.2, 0.25) is 0 Å². The van der Waals surface area contributed by atoms with Crippen LogP contribution in [0.15, 0.2) is 24.3 Å². The molecule has 2 saturated heterocycles. The van der Waals surface area contributed by atoms with E-state index in [1.807, 2.05) is 29.2 Å². The molecule has 0 aromatic heterocycles. The van der Waals surface area contributed by atoms with Crippen LogP contribution in [0, 0.1) is 0 Å². The summed E-state index contributed by atoms with van der Waals surface area (Å²) in [5.74, 6) is 0.180. The standard InChI is InChI=1S/C14H16N2O3/c17-13-3-1-2-8-15(13)11-4-6-12(7-5-11)16-9-10-19-14(16)18/h4-7H,1-3,8-10H2. The molecule has 1 aromatic rings. The monoisotopic (exact) mass is 260 g/mol. The van der Waals surface area contributed by atoms with Crippen molar-refractivity contribution in [3.63, 3.8) is 0 Å². The van der Waals surface area contributed by atoms with Crippen LogP contribution in [0.5, 0.6) is 0 Å². The van der Waals surface area contributed by atoms with Gasteiger partial charge in [-0.3, -0.25) is 9.69 Å². The van der Waals surface area contributed by atoms with Crippen molar-refractivity contribution in [2.24, 2.45) is 0 Å². The summed E-state index contributed by atoms with van der Waals surface area (Å²) in [5, 5.41) is 0. The third kappa shape index (κ3) is 2.28. The molecule has 19 heavy (non-hydrogen) atoms. The number of piperidine rings is 1. The average Bonchev–Trinajstić information content (AvgIpc) is 2.86. The number of rotatable bonds is 2. The Bertz CT molecular complexity index is 498. The average molecular weight is 260 g/mol. The third-order valence-corrected chi connectivity index (χ3v) is 3.56. The minimum absolute atomic E-state index is 0.180. The number of ether oxygens (including phenoxy) is 1. The molecule has 1 aromatic carbocycles. The second kappa shape index (κ2) is 4.91. The Balaban J connectivity index is 1.78. The first-order valence-corrected chi connectivity index (χ1v) is 6.60. The zero-order chi connectivity index (χ0) is 13.2. The molecule has 0 saturated carbocycles. The summed E-state index contributed by atoms with van der Waals surface area (Å²) in [4.78, 5) is 26.7. The lowest BCUT2D eigenvalue weighted by Gasteiger charge is -2.27. The molecule has 0 radical (unpaired) electrons. The lowest BCUT2D eigenvalue weighted by Crippen LogP contribution is -2.35. The van der Waals surface area contributed by atoms with Crippen LogP contribution in [-0.2, 0) is 9.53 Å². The Labute approximate surface area is 111 Å². The molecule has 5 nitrogen and oxygen atoms in total. The largest absolute Gasteiger partial charge is 0.447 e. The molecule has 2 amide bonds. The molecule has 0 atom stereocenters. The number of amides is 2. The summed E-state index contributed by atoms with van der Waals surface area (Å²) in [7, 11) is 0. The smallest absolute Gasteiger partial charge is 0.414 e. The SMILES string of the molecule is O=C1CCCCN1c1ccc(N2CCOC2=O)cc1. The number of hydrogen-bond donors (Lipinski definition) is 0. The molecule has 2 aliphatic rings. The van der Waals surface area contributed by atoms with Crippen molar-refractivity contribution >= 4 is 23.4 Å². The maximum absolute atomic E-state index is 11.8. The zero-order valence-electron chi connectivity index (χ0n) is 10.7. The summed E-state index contributed by atoms with van der Waals surface area (Å²) in [5.41, 5.74) is 1.72. The number of hydrogen-bond acceptors (Lipinski definition) is 3. The van der Waals surface area contributed by atoms with Gasteiger partial charge in [0.15, 0.2) is 0 Å². The number of carbonyl (C=O) groups excluding carboxylic acids is 2. The first-order valence-electron chi connectivity index (χ1n) is 6.60. The van der Waals surface area contributed by atoms with Gasteiger partial charge in [0.05, 0.1) is 6.54 Å². The van der Waals surface area contributed by atoms with E-state index in [1.54, 1.807) is 4.90 Å². The van der Waals surface area contributed by atoms with Crippen LogP contribution in [0.25, 0.3) is 0 Å². The molecular weight excluding hydrogens is 244 g/mol. The Hall–Kier alpha value is -2.04. The summed E-state index contributed by atoms with van der Waals surface area (Å²) in [6.07, 6.45) is 2.35. The number of nitrogens with zero attached hydrogens (tertiary/aromatic N) is 2. The number of carbonyl (C=O) groups is 2. The molecule has 100 valence electrons. The van der Waals surface area contributed by atoms with Crippen molar-refractivity contribution in [1.82, 2.24) is 0 Å². The molecular formula is C14H16N2O3. The van der Waals surface area contributed by atoms with E-state index in [9.17, 15) is 9.59 Å². The first-order chi connectivity index (χ1) is 9.25. The fourth-order valence-corrected chi connectivity index (χ4v) is 2.52. The van der Waals surface area contributed by atoms with Crippen LogP contribution in [-0.4, -0.2) is 31.7 Å². The maximum atomic E-state index is 11.8. The molecule has 2 fully saturated rings. The van der Waals surface area contributed by atoms with Crippen LogP contribution in [0.1, 0.15) is 19.3 Å². The van der Waals surface area contributed by atoms with Gasteiger partial charge in [-0.15, -0.1) is 0 Å². The highest BCUT2D eigenvalue weighted by molar-refractivity contribution is 5.95. The predicted molar refractivity (Wildman–Crippen MR) is 71.3 cm³/mol. The Morgan fingerprint density at radius 1 is 0.895 bits per heavy atom. The first kappa shape index (κ1) is 12.0. The second-order valence-electron chi connectivity index (χ2n) is 4.78. The van der Waals surface area contributed by atoms with Gasteiger partial charge in [-0.1, -0.05) is 0 Å². The third-order valence-electron chi connectivity index (χ3n) is 3.56. The van der Waals surface area contributed by atoms with Crippen molar-refractivity contribution < 1.29 is 14.3 Å². The predicted octanol–water partition coefficient (Wildman–Crippen LogP) is 2.16. The van der Waals surface area contributed by atoms with Crippen LogP contribution >= 0.6 is 0 Å². The van der Waals surface area contributed by atoms with Gasteiger partial charge in [0, 0.05) is 24.3 Å². The minimum Gasteiger partial charge on any atom is -0.447 e. The minimum atomic E-state index is -0.304. The summed E-state index contributed by atoms with van der Waals surface area (Å²) < 4.78 is 4.91. The highest BCUT2D eigenvalue weighted by atomic mass is 16.6. The van der Waals surface area contributed by atoms with Crippen molar-refractivity contribution in [1.29, 1.82) is 0 Å². The number of cyclic esters (lactones) is 1. The van der Waals surface area contributed by atoms with Crippen LogP contribution < -0.4 is 9.80 Å². The highest BCUT2D eigenvalue weighted by Crippen LogP contribution is 2.25. The molecule has 0 spiro atoms. The maximum Gasteiger partial charge on any atom is 0.414 e. The van der Waals surface area contributed by atoms with Crippen LogP contribution in [0.3, 0.4) is 0 Å². The van der Waals surface area contributed by atoms with Gasteiger partial charge in [-0.05, 0) is 37.1 Å². The van der Waals surface area contributed by atoms with Gasteiger partial charge < -0.3 is 9.64 Å². The van der Waals surface area contributed by atoms with Crippen molar-refractivity contribution in [3.05, 3.63) is 24.3 Å². The fourth-order valence-electron chi connectivity index (χ4n) is 2.52. The number of anilines is 2. The van der Waals surface area contributed by atoms with Gasteiger partial charge in [0.25, 0.3) is 0 Å². The molecule has 5 heteroatoms. The topological polar surface area (TPSA) is 49.9 Å². The van der Waals surface area contributed by atoms with E-state index in [4.69, 9.17) is 4.74 Å². The lowest BCUT2D eigenvalue weighted by atomic mass is 10.1. The quantitative estimate of drug-likeness (QED) is 0.818. The molecule has 2 heterocycles. The van der Waals surface area contributed by atoms with Crippen molar-refractivity contribution in [2.45, 2.75) is 19.3 Å². The molecule has 0 unspecified atom stereocenters. The van der Waals surface area contributed by atoms with E-state index in [0.29, 0.717) is 19.6 Å². The van der Waals surface area contributed by atoms with E-state index in [0.717, 1.165) is 30.8 Å². The second-order valence-corrected chi connectivity index (χ2v) is 4.78. The Kier molecular flexibility index (Phi) is 3.11. The van der Waals surface area contributed by atoms with E-state index < -0.39 is 0 Å².